The molecule has 23 heavy (non-hydrogen) atoms. The van der Waals surface area contributed by atoms with Crippen LogP contribution in [0.1, 0.15) is 78.9 Å². The summed E-state index contributed by atoms with van der Waals surface area (Å²) >= 11 is 1.50. The van der Waals surface area contributed by atoms with Gasteiger partial charge in [-0.15, -0.1) is 11.8 Å². The molecule has 0 heterocycles. The van der Waals surface area contributed by atoms with E-state index in [4.69, 9.17) is 0 Å². The van der Waals surface area contributed by atoms with E-state index in [1.165, 1.54) is 22.9 Å². The van der Waals surface area contributed by atoms with Crippen LogP contribution >= 0.6 is 11.8 Å². The third-order valence-corrected chi connectivity index (χ3v) is 5.24. The Hall–Kier alpha value is -0.960. The Morgan fingerprint density at radius 3 is 1.87 bits per heavy atom. The molecule has 0 aliphatic carbocycles. The third kappa shape index (κ3) is 6.21. The number of hydrogen-bond donors (Lipinski definition) is 1. The first-order valence-electron chi connectivity index (χ1n) is 8.50. The van der Waals surface area contributed by atoms with E-state index in [2.05, 4.69) is 66.7 Å². The summed E-state index contributed by atoms with van der Waals surface area (Å²) in [6, 6.07) is 6.61. The van der Waals surface area contributed by atoms with Crippen molar-refractivity contribution < 1.29 is 9.90 Å². The molecule has 2 nitrogen and oxygen atoms in total. The molecule has 0 spiro atoms. The van der Waals surface area contributed by atoms with Crippen LogP contribution in [0.15, 0.2) is 23.1 Å². The lowest BCUT2D eigenvalue weighted by Gasteiger charge is -2.26. The van der Waals surface area contributed by atoms with E-state index >= 15 is 0 Å². The molecular weight excluding hydrogens is 304 g/mol. The van der Waals surface area contributed by atoms with Crippen LogP contribution in [-0.2, 0) is 15.6 Å². The van der Waals surface area contributed by atoms with Crippen LogP contribution < -0.4 is 0 Å². The molecule has 0 aliphatic rings. The Labute approximate surface area is 146 Å². The quantitative estimate of drug-likeness (QED) is 0.646. The fourth-order valence-electron chi connectivity index (χ4n) is 2.32. The number of thioether (sulfide) groups is 1. The summed E-state index contributed by atoms with van der Waals surface area (Å²) in [6.07, 6.45) is 2.70. The van der Waals surface area contributed by atoms with E-state index in [1.807, 2.05) is 0 Å². The SMILES string of the molecule is CCCC[C@@H](Sc1cc(C(C)(C)C)cc(C(C)(C)C)c1)C(=O)O. The molecule has 0 fully saturated rings. The summed E-state index contributed by atoms with van der Waals surface area (Å²) in [7, 11) is 0. The molecule has 0 saturated heterocycles. The maximum atomic E-state index is 11.6. The maximum absolute atomic E-state index is 11.6. The molecule has 1 aromatic carbocycles. The largest absolute Gasteiger partial charge is 0.480 e. The van der Waals surface area contributed by atoms with Crippen molar-refractivity contribution in [3.8, 4) is 0 Å². The molecule has 1 N–H and O–H groups in total. The zero-order valence-electron chi connectivity index (χ0n) is 15.7. The molecule has 1 atom stereocenters. The second-order valence-corrected chi connectivity index (χ2v) is 9.61. The lowest BCUT2D eigenvalue weighted by molar-refractivity contribution is -0.136. The molecular formula is C20H32O2S. The minimum atomic E-state index is -0.707. The first-order chi connectivity index (χ1) is 10.4. The van der Waals surface area contributed by atoms with Crippen LogP contribution in [0.2, 0.25) is 0 Å². The van der Waals surface area contributed by atoms with Crippen LogP contribution in [0.5, 0.6) is 0 Å². The number of carboxylic acids is 1. The first-order valence-corrected chi connectivity index (χ1v) is 9.38. The molecule has 3 heteroatoms. The third-order valence-electron chi connectivity index (χ3n) is 4.01. The highest BCUT2D eigenvalue weighted by Crippen LogP contribution is 2.35. The van der Waals surface area contributed by atoms with Crippen molar-refractivity contribution in [2.24, 2.45) is 0 Å². The van der Waals surface area contributed by atoms with E-state index in [0.29, 0.717) is 0 Å². The number of hydrogen-bond acceptors (Lipinski definition) is 2. The van der Waals surface area contributed by atoms with Gasteiger partial charge in [0.2, 0.25) is 0 Å². The van der Waals surface area contributed by atoms with Gasteiger partial charge in [-0.25, -0.2) is 0 Å². The van der Waals surface area contributed by atoms with E-state index in [-0.39, 0.29) is 16.1 Å². The number of unbranched alkanes of at least 4 members (excludes halogenated alkanes) is 1. The summed E-state index contributed by atoms with van der Waals surface area (Å²) in [5.74, 6) is -0.707. The van der Waals surface area contributed by atoms with Crippen LogP contribution in [0, 0.1) is 0 Å². The number of benzene rings is 1. The Bertz CT molecular complexity index is 503. The first kappa shape index (κ1) is 20.1. The topological polar surface area (TPSA) is 37.3 Å². The van der Waals surface area contributed by atoms with Crippen molar-refractivity contribution in [3.63, 3.8) is 0 Å². The minimum Gasteiger partial charge on any atom is -0.480 e. The normalized spacial score (nSPS) is 13.9. The second kappa shape index (κ2) is 7.74. The number of rotatable bonds is 6. The van der Waals surface area contributed by atoms with Gasteiger partial charge < -0.3 is 5.11 Å². The molecule has 0 bridgehead atoms. The molecule has 0 aromatic heterocycles. The van der Waals surface area contributed by atoms with Gasteiger partial charge in [0.25, 0.3) is 0 Å². The Balaban J connectivity index is 3.21. The van der Waals surface area contributed by atoms with Gasteiger partial charge in [0.15, 0.2) is 0 Å². The van der Waals surface area contributed by atoms with E-state index in [1.54, 1.807) is 0 Å². The Morgan fingerprint density at radius 1 is 1.04 bits per heavy atom. The van der Waals surface area contributed by atoms with E-state index < -0.39 is 5.97 Å². The molecule has 1 rings (SSSR count). The minimum absolute atomic E-state index is 0.0543. The summed E-state index contributed by atoms with van der Waals surface area (Å²) in [5.41, 5.74) is 2.65. The highest BCUT2D eigenvalue weighted by Gasteiger charge is 2.23. The number of aliphatic carboxylic acids is 1. The highest BCUT2D eigenvalue weighted by molar-refractivity contribution is 8.00. The molecule has 130 valence electrons. The maximum Gasteiger partial charge on any atom is 0.316 e. The molecule has 0 unspecified atom stereocenters. The fourth-order valence-corrected chi connectivity index (χ4v) is 3.42. The molecule has 1 aromatic rings. The van der Waals surface area contributed by atoms with Crippen molar-refractivity contribution in [1.29, 1.82) is 0 Å². The standard InChI is InChI=1S/C20H32O2S/c1-8-9-10-17(18(21)22)23-16-12-14(19(2,3)4)11-15(13-16)20(5,6)7/h11-13,17H,8-10H2,1-7H3,(H,21,22)/t17-/m1/s1. The summed E-state index contributed by atoms with van der Waals surface area (Å²) in [6.45, 7) is 15.3. The number of carboxylic acid groups (broad SMARTS) is 1. The summed E-state index contributed by atoms with van der Waals surface area (Å²) < 4.78 is 0. The Kier molecular flexibility index (Phi) is 6.76. The Morgan fingerprint density at radius 2 is 1.52 bits per heavy atom. The number of carbonyl (C=O) groups is 1. The van der Waals surface area contributed by atoms with Gasteiger partial charge in [0.1, 0.15) is 5.25 Å². The van der Waals surface area contributed by atoms with Gasteiger partial charge in [-0.2, -0.15) is 0 Å². The van der Waals surface area contributed by atoms with Crippen LogP contribution in [-0.4, -0.2) is 16.3 Å². The van der Waals surface area contributed by atoms with Gasteiger partial charge in [-0.3, -0.25) is 4.79 Å². The zero-order chi connectivity index (χ0) is 17.8. The van der Waals surface area contributed by atoms with E-state index in [0.717, 1.165) is 24.2 Å². The van der Waals surface area contributed by atoms with Gasteiger partial charge >= 0.3 is 5.97 Å². The smallest absolute Gasteiger partial charge is 0.316 e. The average Bonchev–Trinajstić information content (AvgIpc) is 2.40. The molecule has 0 saturated carbocycles. The van der Waals surface area contributed by atoms with Gasteiger partial charge in [0.05, 0.1) is 0 Å². The molecule has 0 amide bonds. The lowest BCUT2D eigenvalue weighted by atomic mass is 9.81. The van der Waals surface area contributed by atoms with Crippen LogP contribution in [0.25, 0.3) is 0 Å². The predicted molar refractivity (Wildman–Crippen MR) is 101 cm³/mol. The van der Waals surface area contributed by atoms with Crippen LogP contribution in [0.3, 0.4) is 0 Å². The van der Waals surface area contributed by atoms with Crippen molar-refractivity contribution >= 4 is 17.7 Å². The lowest BCUT2D eigenvalue weighted by Crippen LogP contribution is -2.18. The van der Waals surface area contributed by atoms with Crippen LogP contribution in [0.4, 0.5) is 0 Å². The van der Waals surface area contributed by atoms with Crippen molar-refractivity contribution in [1.82, 2.24) is 0 Å². The highest BCUT2D eigenvalue weighted by atomic mass is 32.2. The van der Waals surface area contributed by atoms with Gasteiger partial charge in [0, 0.05) is 4.90 Å². The summed E-state index contributed by atoms with van der Waals surface area (Å²) in [5, 5.41) is 9.14. The van der Waals surface area contributed by atoms with Crippen molar-refractivity contribution in [2.45, 2.75) is 88.7 Å². The second-order valence-electron chi connectivity index (χ2n) is 8.33. The summed E-state index contributed by atoms with van der Waals surface area (Å²) in [4.78, 5) is 12.6. The van der Waals surface area contributed by atoms with Crippen molar-refractivity contribution in [3.05, 3.63) is 29.3 Å². The average molecular weight is 337 g/mol. The van der Waals surface area contributed by atoms with E-state index in [9.17, 15) is 9.90 Å². The zero-order valence-corrected chi connectivity index (χ0v) is 16.5. The molecule has 0 aliphatic heterocycles. The monoisotopic (exact) mass is 336 g/mol. The van der Waals surface area contributed by atoms with Gasteiger partial charge in [-0.1, -0.05) is 67.4 Å². The predicted octanol–water partition coefficient (Wildman–Crippen LogP) is 6.02. The van der Waals surface area contributed by atoms with Crippen molar-refractivity contribution in [2.75, 3.05) is 0 Å². The fraction of sp³-hybridized carbons (Fsp3) is 0.650. The molecule has 0 radical (unpaired) electrons. The van der Waals surface area contributed by atoms with Gasteiger partial charge in [-0.05, 0) is 40.5 Å².